The van der Waals surface area contributed by atoms with Crippen molar-refractivity contribution < 1.29 is 14.3 Å². The maximum Gasteiger partial charge on any atom is 0.161 e. The lowest BCUT2D eigenvalue weighted by molar-refractivity contribution is -0.136. The summed E-state index contributed by atoms with van der Waals surface area (Å²) in [5.41, 5.74) is 0.562. The van der Waals surface area contributed by atoms with Gasteiger partial charge in [-0.15, -0.1) is 17.5 Å². The SMILES string of the molecule is C=C(CC(OCC)OCC)[C@H]1CCC(=O)[C@]1(C)CC#CCCl. The summed E-state index contributed by atoms with van der Waals surface area (Å²) < 4.78 is 11.2. The lowest BCUT2D eigenvalue weighted by atomic mass is 9.72. The summed E-state index contributed by atoms with van der Waals surface area (Å²) in [5, 5.41) is 0. The van der Waals surface area contributed by atoms with Crippen LogP contribution < -0.4 is 0 Å². The number of hydrogen-bond donors (Lipinski definition) is 0. The molecule has 0 unspecified atom stereocenters. The van der Waals surface area contributed by atoms with Gasteiger partial charge in [-0.2, -0.15) is 0 Å². The molecule has 0 saturated heterocycles. The van der Waals surface area contributed by atoms with Crippen LogP contribution in [-0.2, 0) is 14.3 Å². The van der Waals surface area contributed by atoms with Gasteiger partial charge in [0.05, 0.1) is 5.88 Å². The number of carbonyl (C=O) groups excluding carboxylic acids is 1. The molecule has 1 aliphatic rings. The van der Waals surface area contributed by atoms with Crippen LogP contribution in [0.4, 0.5) is 0 Å². The Kier molecular flexibility index (Phi) is 8.17. The van der Waals surface area contributed by atoms with Crippen LogP contribution in [0.15, 0.2) is 12.2 Å². The van der Waals surface area contributed by atoms with Gasteiger partial charge < -0.3 is 9.47 Å². The van der Waals surface area contributed by atoms with Gasteiger partial charge in [0.25, 0.3) is 0 Å². The Morgan fingerprint density at radius 2 is 2.05 bits per heavy atom. The van der Waals surface area contributed by atoms with E-state index in [1.165, 1.54) is 0 Å². The first-order chi connectivity index (χ1) is 10.5. The highest BCUT2D eigenvalue weighted by atomic mass is 35.5. The minimum absolute atomic E-state index is 0.132. The van der Waals surface area contributed by atoms with Crippen LogP contribution in [0.3, 0.4) is 0 Å². The molecule has 22 heavy (non-hydrogen) atoms. The zero-order valence-corrected chi connectivity index (χ0v) is 14.7. The number of hydrogen-bond acceptors (Lipinski definition) is 3. The molecule has 124 valence electrons. The molecule has 1 saturated carbocycles. The van der Waals surface area contributed by atoms with Gasteiger partial charge in [0, 0.05) is 37.9 Å². The normalized spacial score (nSPS) is 24.4. The van der Waals surface area contributed by atoms with Crippen LogP contribution in [-0.4, -0.2) is 31.2 Å². The van der Waals surface area contributed by atoms with Gasteiger partial charge in [0.2, 0.25) is 0 Å². The van der Waals surface area contributed by atoms with Crippen molar-refractivity contribution in [2.45, 2.75) is 52.7 Å². The Bertz CT molecular complexity index is 443. The van der Waals surface area contributed by atoms with E-state index in [0.29, 0.717) is 38.4 Å². The quantitative estimate of drug-likeness (QED) is 0.293. The van der Waals surface area contributed by atoms with Gasteiger partial charge in [-0.25, -0.2) is 0 Å². The van der Waals surface area contributed by atoms with Crippen LogP contribution in [0.5, 0.6) is 0 Å². The van der Waals surface area contributed by atoms with E-state index in [2.05, 4.69) is 18.4 Å². The zero-order chi connectivity index (χ0) is 16.6. The van der Waals surface area contributed by atoms with Crippen molar-refractivity contribution in [3.05, 3.63) is 12.2 Å². The van der Waals surface area contributed by atoms with Gasteiger partial charge in [-0.3, -0.25) is 4.79 Å². The lowest BCUT2D eigenvalue weighted by Crippen LogP contribution is -2.31. The smallest absolute Gasteiger partial charge is 0.161 e. The minimum Gasteiger partial charge on any atom is -0.353 e. The highest BCUT2D eigenvalue weighted by Crippen LogP contribution is 2.47. The first-order valence-electron chi connectivity index (χ1n) is 7.95. The molecular formula is C18H27ClO3. The third-order valence-corrected chi connectivity index (χ3v) is 4.47. The lowest BCUT2D eigenvalue weighted by Gasteiger charge is -2.31. The number of Topliss-reactive ketones (excluding diaryl/α,β-unsaturated/α-hetero) is 1. The first kappa shape index (κ1) is 19.2. The summed E-state index contributed by atoms with van der Waals surface area (Å²) in [6.07, 6.45) is 2.31. The Labute approximate surface area is 139 Å². The summed E-state index contributed by atoms with van der Waals surface area (Å²) in [6.45, 7) is 11.3. The first-order valence-corrected chi connectivity index (χ1v) is 8.48. The topological polar surface area (TPSA) is 35.5 Å². The predicted molar refractivity (Wildman–Crippen MR) is 89.7 cm³/mol. The molecule has 0 amide bonds. The summed E-state index contributed by atoms with van der Waals surface area (Å²) in [4.78, 5) is 12.3. The molecule has 1 fully saturated rings. The largest absolute Gasteiger partial charge is 0.353 e. The predicted octanol–water partition coefficient (Wildman–Crippen LogP) is 3.95. The average Bonchev–Trinajstić information content (AvgIpc) is 2.76. The van der Waals surface area contributed by atoms with Crippen molar-refractivity contribution >= 4 is 17.4 Å². The number of ketones is 1. The maximum absolute atomic E-state index is 12.3. The standard InChI is InChI=1S/C18H27ClO3/c1-5-21-17(22-6-2)13-14(3)15-9-10-16(20)18(15,4)11-7-8-12-19/h15,17H,3,5-6,9-13H2,1-2,4H3/t15-,18-/m1/s1. The second-order valence-corrected chi connectivity index (χ2v) is 6.07. The van der Waals surface area contributed by atoms with Crippen molar-refractivity contribution in [2.75, 3.05) is 19.1 Å². The van der Waals surface area contributed by atoms with E-state index in [-0.39, 0.29) is 18.0 Å². The van der Waals surface area contributed by atoms with E-state index in [9.17, 15) is 4.79 Å². The zero-order valence-electron chi connectivity index (χ0n) is 13.9. The molecule has 0 radical (unpaired) electrons. The molecule has 0 aromatic heterocycles. The van der Waals surface area contributed by atoms with E-state index >= 15 is 0 Å². The number of alkyl halides is 1. The molecule has 1 rings (SSSR count). The van der Waals surface area contributed by atoms with Crippen LogP contribution >= 0.6 is 11.6 Å². The Balaban J connectivity index is 2.78. The van der Waals surface area contributed by atoms with Crippen molar-refractivity contribution in [1.82, 2.24) is 0 Å². The van der Waals surface area contributed by atoms with Crippen molar-refractivity contribution in [1.29, 1.82) is 0 Å². The van der Waals surface area contributed by atoms with Gasteiger partial charge in [-0.05, 0) is 26.2 Å². The number of halogens is 1. The summed E-state index contributed by atoms with van der Waals surface area (Å²) in [7, 11) is 0. The third-order valence-electron chi connectivity index (χ3n) is 4.34. The fourth-order valence-corrected chi connectivity index (χ4v) is 3.23. The molecule has 1 aliphatic carbocycles. The van der Waals surface area contributed by atoms with Gasteiger partial charge in [-0.1, -0.05) is 25.0 Å². The van der Waals surface area contributed by atoms with Crippen molar-refractivity contribution in [3.8, 4) is 11.8 Å². The van der Waals surface area contributed by atoms with Gasteiger partial charge >= 0.3 is 0 Å². The van der Waals surface area contributed by atoms with E-state index < -0.39 is 5.41 Å². The molecule has 4 heteroatoms. The maximum atomic E-state index is 12.3. The monoisotopic (exact) mass is 326 g/mol. The van der Waals surface area contributed by atoms with Crippen LogP contribution in [0.2, 0.25) is 0 Å². The average molecular weight is 327 g/mol. The second kappa shape index (κ2) is 9.35. The number of ether oxygens (including phenoxy) is 2. The fourth-order valence-electron chi connectivity index (χ4n) is 3.14. The highest BCUT2D eigenvalue weighted by Gasteiger charge is 2.46. The van der Waals surface area contributed by atoms with E-state index in [4.69, 9.17) is 21.1 Å². The van der Waals surface area contributed by atoms with Crippen LogP contribution in [0.25, 0.3) is 0 Å². The number of carbonyl (C=O) groups is 1. The molecule has 0 bridgehead atoms. The summed E-state index contributed by atoms with van der Waals surface area (Å²) in [5.74, 6) is 6.58. The summed E-state index contributed by atoms with van der Waals surface area (Å²) in [6, 6.07) is 0. The molecule has 2 atom stereocenters. The van der Waals surface area contributed by atoms with E-state index in [0.717, 1.165) is 12.0 Å². The number of rotatable bonds is 8. The molecule has 0 aliphatic heterocycles. The molecular weight excluding hydrogens is 300 g/mol. The fraction of sp³-hybridized carbons (Fsp3) is 0.722. The van der Waals surface area contributed by atoms with E-state index in [1.54, 1.807) is 0 Å². The Morgan fingerprint density at radius 3 is 2.59 bits per heavy atom. The molecule has 0 aromatic carbocycles. The Hall–Kier alpha value is -0.820. The molecule has 0 heterocycles. The van der Waals surface area contributed by atoms with Crippen LogP contribution in [0, 0.1) is 23.2 Å². The third kappa shape index (κ3) is 4.84. The van der Waals surface area contributed by atoms with Gasteiger partial charge in [0.1, 0.15) is 5.78 Å². The highest BCUT2D eigenvalue weighted by molar-refractivity contribution is 6.19. The van der Waals surface area contributed by atoms with Crippen LogP contribution in [0.1, 0.15) is 46.5 Å². The van der Waals surface area contributed by atoms with Crippen molar-refractivity contribution in [2.24, 2.45) is 11.3 Å². The van der Waals surface area contributed by atoms with E-state index in [1.807, 2.05) is 20.8 Å². The second-order valence-electron chi connectivity index (χ2n) is 5.80. The van der Waals surface area contributed by atoms with Gasteiger partial charge in [0.15, 0.2) is 6.29 Å². The molecule has 0 aromatic rings. The molecule has 0 N–H and O–H groups in total. The van der Waals surface area contributed by atoms with Crippen molar-refractivity contribution in [3.63, 3.8) is 0 Å². The molecule has 0 spiro atoms. The minimum atomic E-state index is -0.459. The Morgan fingerprint density at radius 1 is 1.41 bits per heavy atom. The summed E-state index contributed by atoms with van der Waals surface area (Å²) >= 11 is 5.60. The molecule has 3 nitrogen and oxygen atoms in total.